The minimum Gasteiger partial charge on any atom is -0.497 e. The lowest BCUT2D eigenvalue weighted by Crippen LogP contribution is -2.02. The monoisotopic (exact) mass is 338 g/mol. The van der Waals surface area contributed by atoms with E-state index >= 15 is 0 Å². The van der Waals surface area contributed by atoms with E-state index < -0.39 is 5.97 Å². The Morgan fingerprint density at radius 1 is 1.08 bits per heavy atom. The van der Waals surface area contributed by atoms with Crippen LogP contribution in [0, 0.1) is 0 Å². The molecule has 3 rings (SSSR count). The van der Waals surface area contributed by atoms with E-state index in [2.05, 4.69) is 10.6 Å². The molecule has 0 bridgehead atoms. The molecular weight excluding hydrogens is 316 g/mol. The van der Waals surface area contributed by atoms with Crippen LogP contribution in [-0.4, -0.2) is 27.7 Å². The fourth-order valence-electron chi connectivity index (χ4n) is 2.99. The number of benzene rings is 2. The standard InChI is InChI=1S/C20H22N2O3/c1-25-16-12-10-15(11-13-16)20-21-17-7-4-5-8-18(17)22(20)14-6-2-3-9-19(23)24/h4-5,7-8,10-13H,2-3,6,9,14H2,1H3,(H,23,24). The Kier molecular flexibility index (Phi) is 5.33. The van der Waals surface area contributed by atoms with Crippen LogP contribution in [0.1, 0.15) is 25.7 Å². The van der Waals surface area contributed by atoms with Crippen LogP contribution in [0.2, 0.25) is 0 Å². The Labute approximate surface area is 146 Å². The maximum Gasteiger partial charge on any atom is 0.303 e. The Bertz CT molecular complexity index is 853. The van der Waals surface area contributed by atoms with Gasteiger partial charge in [-0.1, -0.05) is 18.6 Å². The molecule has 0 atom stereocenters. The van der Waals surface area contributed by atoms with E-state index in [0.29, 0.717) is 6.42 Å². The van der Waals surface area contributed by atoms with Gasteiger partial charge in [-0.3, -0.25) is 4.79 Å². The second kappa shape index (κ2) is 7.83. The fourth-order valence-corrected chi connectivity index (χ4v) is 2.99. The van der Waals surface area contributed by atoms with Crippen LogP contribution in [0.5, 0.6) is 5.75 Å². The number of hydrogen-bond donors (Lipinski definition) is 1. The molecule has 130 valence electrons. The van der Waals surface area contributed by atoms with Gasteiger partial charge < -0.3 is 14.4 Å². The van der Waals surface area contributed by atoms with Crippen molar-refractivity contribution in [2.24, 2.45) is 0 Å². The van der Waals surface area contributed by atoms with Crippen molar-refractivity contribution in [1.29, 1.82) is 0 Å². The van der Waals surface area contributed by atoms with E-state index in [1.54, 1.807) is 7.11 Å². The normalized spacial score (nSPS) is 10.9. The zero-order valence-electron chi connectivity index (χ0n) is 14.3. The summed E-state index contributed by atoms with van der Waals surface area (Å²) in [7, 11) is 1.65. The lowest BCUT2D eigenvalue weighted by Gasteiger charge is -2.10. The van der Waals surface area contributed by atoms with Gasteiger partial charge >= 0.3 is 5.97 Å². The molecule has 0 aliphatic carbocycles. The summed E-state index contributed by atoms with van der Waals surface area (Å²) in [5.41, 5.74) is 3.12. The summed E-state index contributed by atoms with van der Waals surface area (Å²) < 4.78 is 7.45. The average Bonchev–Trinajstić information content (AvgIpc) is 3.00. The predicted octanol–water partition coefficient (Wildman–Crippen LogP) is 4.36. The number of fused-ring (bicyclic) bond motifs is 1. The van der Waals surface area contributed by atoms with Crippen LogP contribution < -0.4 is 4.74 Å². The van der Waals surface area contributed by atoms with Gasteiger partial charge in [0.15, 0.2) is 0 Å². The summed E-state index contributed by atoms with van der Waals surface area (Å²) in [6.07, 6.45) is 2.76. The quantitative estimate of drug-likeness (QED) is 0.620. The second-order valence-electron chi connectivity index (χ2n) is 6.01. The van der Waals surface area contributed by atoms with E-state index in [1.807, 2.05) is 42.5 Å². The average molecular weight is 338 g/mol. The molecule has 0 saturated carbocycles. The van der Waals surface area contributed by atoms with Crippen molar-refractivity contribution in [3.63, 3.8) is 0 Å². The van der Waals surface area contributed by atoms with Crippen molar-refractivity contribution in [3.8, 4) is 17.1 Å². The van der Waals surface area contributed by atoms with Crippen LogP contribution in [0.4, 0.5) is 0 Å². The predicted molar refractivity (Wildman–Crippen MR) is 97.8 cm³/mol. The highest BCUT2D eigenvalue weighted by Gasteiger charge is 2.12. The van der Waals surface area contributed by atoms with E-state index in [-0.39, 0.29) is 6.42 Å². The number of aromatic nitrogens is 2. The summed E-state index contributed by atoms with van der Waals surface area (Å²) in [6.45, 7) is 0.821. The van der Waals surface area contributed by atoms with Crippen molar-refractivity contribution >= 4 is 17.0 Å². The summed E-state index contributed by atoms with van der Waals surface area (Å²) in [5.74, 6) is 1.02. The molecule has 0 aliphatic heterocycles. The summed E-state index contributed by atoms with van der Waals surface area (Å²) in [5, 5.41) is 8.75. The molecule has 0 saturated heterocycles. The van der Waals surface area contributed by atoms with Crippen LogP contribution in [-0.2, 0) is 11.3 Å². The highest BCUT2D eigenvalue weighted by molar-refractivity contribution is 5.80. The van der Waals surface area contributed by atoms with Crippen molar-refractivity contribution in [2.75, 3.05) is 7.11 Å². The largest absolute Gasteiger partial charge is 0.497 e. The number of unbranched alkanes of at least 4 members (excludes halogenated alkanes) is 2. The first-order valence-corrected chi connectivity index (χ1v) is 8.50. The van der Waals surface area contributed by atoms with Crippen molar-refractivity contribution in [3.05, 3.63) is 48.5 Å². The molecule has 1 heterocycles. The molecule has 25 heavy (non-hydrogen) atoms. The van der Waals surface area contributed by atoms with Gasteiger partial charge in [-0.15, -0.1) is 0 Å². The first-order chi connectivity index (χ1) is 12.2. The number of ether oxygens (including phenoxy) is 1. The zero-order chi connectivity index (χ0) is 17.6. The number of nitrogens with zero attached hydrogens (tertiary/aromatic N) is 2. The maximum absolute atomic E-state index is 10.6. The zero-order valence-corrected chi connectivity index (χ0v) is 14.3. The highest BCUT2D eigenvalue weighted by Crippen LogP contribution is 2.27. The van der Waals surface area contributed by atoms with E-state index in [1.165, 1.54) is 0 Å². The Morgan fingerprint density at radius 3 is 2.56 bits per heavy atom. The third-order valence-corrected chi connectivity index (χ3v) is 4.28. The number of imidazole rings is 1. The number of aryl methyl sites for hydroxylation is 1. The molecule has 0 aliphatic rings. The topological polar surface area (TPSA) is 64.4 Å². The van der Waals surface area contributed by atoms with Gasteiger partial charge in [-0.2, -0.15) is 0 Å². The van der Waals surface area contributed by atoms with Gasteiger partial charge in [-0.25, -0.2) is 4.98 Å². The van der Waals surface area contributed by atoms with Gasteiger partial charge in [0.25, 0.3) is 0 Å². The smallest absolute Gasteiger partial charge is 0.303 e. The minimum atomic E-state index is -0.730. The number of carbonyl (C=O) groups is 1. The van der Waals surface area contributed by atoms with Crippen LogP contribution in [0.15, 0.2) is 48.5 Å². The van der Waals surface area contributed by atoms with E-state index in [4.69, 9.17) is 14.8 Å². The number of aliphatic carboxylic acids is 1. The second-order valence-corrected chi connectivity index (χ2v) is 6.01. The van der Waals surface area contributed by atoms with E-state index in [0.717, 1.165) is 47.6 Å². The molecule has 0 fully saturated rings. The van der Waals surface area contributed by atoms with Crippen LogP contribution >= 0.6 is 0 Å². The van der Waals surface area contributed by atoms with Gasteiger partial charge in [0.1, 0.15) is 11.6 Å². The number of carboxylic acids is 1. The van der Waals surface area contributed by atoms with Crippen molar-refractivity contribution in [2.45, 2.75) is 32.2 Å². The summed E-state index contributed by atoms with van der Waals surface area (Å²) >= 11 is 0. The number of carboxylic acid groups (broad SMARTS) is 1. The fraction of sp³-hybridized carbons (Fsp3) is 0.300. The Morgan fingerprint density at radius 2 is 1.84 bits per heavy atom. The molecule has 0 amide bonds. The molecular formula is C20H22N2O3. The molecule has 3 aromatic rings. The lowest BCUT2D eigenvalue weighted by molar-refractivity contribution is -0.137. The SMILES string of the molecule is COc1ccc(-c2nc3ccccc3n2CCCCCC(=O)O)cc1. The highest BCUT2D eigenvalue weighted by atomic mass is 16.5. The third kappa shape index (κ3) is 3.99. The molecule has 5 nitrogen and oxygen atoms in total. The van der Waals surface area contributed by atoms with Crippen LogP contribution in [0.3, 0.4) is 0 Å². The molecule has 0 radical (unpaired) electrons. The van der Waals surface area contributed by atoms with Gasteiger partial charge in [-0.05, 0) is 49.2 Å². The summed E-state index contributed by atoms with van der Waals surface area (Å²) in [6, 6.07) is 16.0. The van der Waals surface area contributed by atoms with Crippen molar-refractivity contribution in [1.82, 2.24) is 9.55 Å². The Balaban J connectivity index is 1.85. The number of methoxy groups -OCH3 is 1. The number of para-hydroxylation sites is 2. The van der Waals surface area contributed by atoms with E-state index in [9.17, 15) is 4.79 Å². The molecule has 1 N–H and O–H groups in total. The Hall–Kier alpha value is -2.82. The molecule has 0 spiro atoms. The first kappa shape index (κ1) is 17.0. The minimum absolute atomic E-state index is 0.232. The lowest BCUT2D eigenvalue weighted by atomic mass is 10.1. The molecule has 2 aromatic carbocycles. The molecule has 1 aromatic heterocycles. The molecule has 5 heteroatoms. The van der Waals surface area contributed by atoms with Gasteiger partial charge in [0.2, 0.25) is 0 Å². The van der Waals surface area contributed by atoms with Gasteiger partial charge in [0.05, 0.1) is 18.1 Å². The maximum atomic E-state index is 10.6. The van der Waals surface area contributed by atoms with Crippen LogP contribution in [0.25, 0.3) is 22.4 Å². The molecule has 0 unspecified atom stereocenters. The first-order valence-electron chi connectivity index (χ1n) is 8.50. The van der Waals surface area contributed by atoms with Gasteiger partial charge in [0, 0.05) is 18.5 Å². The third-order valence-electron chi connectivity index (χ3n) is 4.28. The number of rotatable bonds is 8. The summed E-state index contributed by atoms with van der Waals surface area (Å²) in [4.78, 5) is 15.4. The number of hydrogen-bond acceptors (Lipinski definition) is 3. The van der Waals surface area contributed by atoms with Crippen molar-refractivity contribution < 1.29 is 14.6 Å².